The predicted molar refractivity (Wildman–Crippen MR) is 103 cm³/mol. The van der Waals surface area contributed by atoms with Crippen molar-refractivity contribution in [2.24, 2.45) is 0 Å². The van der Waals surface area contributed by atoms with Gasteiger partial charge in [-0.1, -0.05) is 29.4 Å². The number of fused-ring (bicyclic) bond motifs is 1. The molecule has 6 nitrogen and oxygen atoms in total. The molecule has 0 radical (unpaired) electrons. The first-order chi connectivity index (χ1) is 14.7. The standard InChI is InChI=1S/C21H16F4N4O2/c1-12-10-29(11-18(30)26-9-13-2-5-15(22)6-3-13)17-8-14(4-7-16(12)17)19-27-20(31-28-19)21(23,24)25/h2-8,10H,9,11H2,1H3,(H,26,30). The van der Waals surface area contributed by atoms with E-state index < -0.39 is 12.1 Å². The lowest BCUT2D eigenvalue weighted by molar-refractivity contribution is -0.159. The van der Waals surface area contributed by atoms with Gasteiger partial charge in [0.15, 0.2) is 0 Å². The molecule has 0 bridgehead atoms. The summed E-state index contributed by atoms with van der Waals surface area (Å²) in [4.78, 5) is 15.8. The van der Waals surface area contributed by atoms with E-state index in [0.29, 0.717) is 11.1 Å². The second-order valence-corrected chi connectivity index (χ2v) is 7.00. The van der Waals surface area contributed by atoms with Crippen LogP contribution in [-0.4, -0.2) is 20.6 Å². The summed E-state index contributed by atoms with van der Waals surface area (Å²) in [7, 11) is 0. The maximum Gasteiger partial charge on any atom is 0.471 e. The normalized spacial score (nSPS) is 11.8. The molecule has 1 N–H and O–H groups in total. The number of amides is 1. The third-order valence-corrected chi connectivity index (χ3v) is 4.73. The van der Waals surface area contributed by atoms with E-state index in [1.807, 2.05) is 6.92 Å². The van der Waals surface area contributed by atoms with Crippen LogP contribution in [0.2, 0.25) is 0 Å². The fraction of sp³-hybridized carbons (Fsp3) is 0.190. The van der Waals surface area contributed by atoms with E-state index in [0.717, 1.165) is 16.5 Å². The molecule has 0 aliphatic carbocycles. The van der Waals surface area contributed by atoms with Crippen molar-refractivity contribution >= 4 is 16.8 Å². The number of hydrogen-bond acceptors (Lipinski definition) is 4. The van der Waals surface area contributed by atoms with Gasteiger partial charge >= 0.3 is 12.1 Å². The van der Waals surface area contributed by atoms with E-state index in [2.05, 4.69) is 20.0 Å². The molecule has 0 fully saturated rings. The molecule has 0 unspecified atom stereocenters. The third-order valence-electron chi connectivity index (χ3n) is 4.73. The van der Waals surface area contributed by atoms with E-state index in [9.17, 15) is 22.4 Å². The smallest absolute Gasteiger partial charge is 0.350 e. The van der Waals surface area contributed by atoms with Crippen molar-refractivity contribution in [1.29, 1.82) is 0 Å². The van der Waals surface area contributed by atoms with E-state index in [1.54, 1.807) is 41.1 Å². The lowest BCUT2D eigenvalue weighted by Gasteiger charge is -2.08. The van der Waals surface area contributed by atoms with Crippen LogP contribution in [0.5, 0.6) is 0 Å². The highest BCUT2D eigenvalue weighted by atomic mass is 19.4. The molecule has 2 aromatic carbocycles. The Balaban J connectivity index is 1.55. The molecule has 31 heavy (non-hydrogen) atoms. The quantitative estimate of drug-likeness (QED) is 0.472. The Labute approximate surface area is 173 Å². The van der Waals surface area contributed by atoms with Crippen molar-refractivity contribution < 1.29 is 26.9 Å². The van der Waals surface area contributed by atoms with Gasteiger partial charge in [0.25, 0.3) is 0 Å². The Bertz CT molecular complexity index is 1240. The molecule has 0 atom stereocenters. The second kappa shape index (κ2) is 7.86. The second-order valence-electron chi connectivity index (χ2n) is 7.00. The topological polar surface area (TPSA) is 73.0 Å². The van der Waals surface area contributed by atoms with Gasteiger partial charge in [-0.3, -0.25) is 4.79 Å². The number of nitrogens with one attached hydrogen (secondary N) is 1. The summed E-state index contributed by atoms with van der Waals surface area (Å²) in [5, 5.41) is 7.01. The zero-order valence-electron chi connectivity index (χ0n) is 16.2. The monoisotopic (exact) mass is 432 g/mol. The van der Waals surface area contributed by atoms with Crippen LogP contribution < -0.4 is 5.32 Å². The van der Waals surface area contributed by atoms with Gasteiger partial charge in [0.1, 0.15) is 12.4 Å². The first kappa shape index (κ1) is 20.6. The number of aryl methyl sites for hydroxylation is 1. The zero-order chi connectivity index (χ0) is 22.2. The van der Waals surface area contributed by atoms with E-state index in [1.165, 1.54) is 12.1 Å². The molecular weight excluding hydrogens is 416 g/mol. The lowest BCUT2D eigenvalue weighted by atomic mass is 10.1. The Morgan fingerprint density at radius 1 is 1.16 bits per heavy atom. The number of carbonyl (C=O) groups excluding carboxylic acids is 1. The van der Waals surface area contributed by atoms with Gasteiger partial charge in [0.05, 0.1) is 0 Å². The number of carbonyl (C=O) groups is 1. The van der Waals surface area contributed by atoms with Gasteiger partial charge < -0.3 is 14.4 Å². The Hall–Kier alpha value is -3.69. The van der Waals surface area contributed by atoms with Crippen LogP contribution in [0.25, 0.3) is 22.3 Å². The molecular formula is C21H16F4N4O2. The minimum Gasteiger partial charge on any atom is -0.350 e. The minimum atomic E-state index is -4.73. The van der Waals surface area contributed by atoms with Gasteiger partial charge in [-0.2, -0.15) is 18.2 Å². The van der Waals surface area contributed by atoms with Gasteiger partial charge in [0, 0.05) is 29.2 Å². The van der Waals surface area contributed by atoms with Crippen molar-refractivity contribution in [2.45, 2.75) is 26.2 Å². The number of halogens is 4. The maximum absolute atomic E-state index is 13.0. The first-order valence-corrected chi connectivity index (χ1v) is 9.22. The molecule has 0 saturated heterocycles. The van der Waals surface area contributed by atoms with Crippen LogP contribution in [0.4, 0.5) is 17.6 Å². The molecule has 160 valence electrons. The highest BCUT2D eigenvalue weighted by Crippen LogP contribution is 2.31. The minimum absolute atomic E-state index is 0.00493. The molecule has 4 rings (SSSR count). The Morgan fingerprint density at radius 2 is 1.90 bits per heavy atom. The molecule has 2 aromatic heterocycles. The summed E-state index contributed by atoms with van der Waals surface area (Å²) < 4.78 is 57.2. The third kappa shape index (κ3) is 4.42. The Kier molecular flexibility index (Phi) is 5.22. The Morgan fingerprint density at radius 3 is 2.58 bits per heavy atom. The van der Waals surface area contributed by atoms with Crippen LogP contribution in [-0.2, 0) is 24.1 Å². The summed E-state index contributed by atoms with van der Waals surface area (Å²) in [5.74, 6) is -2.25. The van der Waals surface area contributed by atoms with E-state index in [-0.39, 0.29) is 30.6 Å². The van der Waals surface area contributed by atoms with Crippen molar-refractivity contribution in [1.82, 2.24) is 20.0 Å². The molecule has 2 heterocycles. The van der Waals surface area contributed by atoms with Crippen LogP contribution in [0.15, 0.2) is 53.2 Å². The molecule has 0 aliphatic rings. The maximum atomic E-state index is 13.0. The fourth-order valence-electron chi connectivity index (χ4n) is 3.21. The highest BCUT2D eigenvalue weighted by Gasteiger charge is 2.38. The summed E-state index contributed by atoms with van der Waals surface area (Å²) in [6.07, 6.45) is -2.95. The first-order valence-electron chi connectivity index (χ1n) is 9.22. The van der Waals surface area contributed by atoms with Crippen molar-refractivity contribution in [3.8, 4) is 11.4 Å². The number of nitrogens with zero attached hydrogens (tertiary/aromatic N) is 3. The van der Waals surface area contributed by atoms with E-state index >= 15 is 0 Å². The number of hydrogen-bond donors (Lipinski definition) is 1. The number of benzene rings is 2. The highest BCUT2D eigenvalue weighted by molar-refractivity contribution is 5.89. The van der Waals surface area contributed by atoms with Crippen molar-refractivity contribution in [3.63, 3.8) is 0 Å². The van der Waals surface area contributed by atoms with Crippen LogP contribution in [0.1, 0.15) is 17.0 Å². The SMILES string of the molecule is Cc1cn(CC(=O)NCc2ccc(F)cc2)c2cc(-c3noc(C(F)(F)F)n3)ccc12. The lowest BCUT2D eigenvalue weighted by Crippen LogP contribution is -2.26. The van der Waals surface area contributed by atoms with Gasteiger partial charge in [-0.25, -0.2) is 4.39 Å². The van der Waals surface area contributed by atoms with Gasteiger partial charge in [-0.15, -0.1) is 0 Å². The largest absolute Gasteiger partial charge is 0.471 e. The molecule has 0 saturated carbocycles. The molecule has 10 heteroatoms. The zero-order valence-corrected chi connectivity index (χ0v) is 16.2. The molecule has 0 spiro atoms. The van der Waals surface area contributed by atoms with Crippen LogP contribution in [0.3, 0.4) is 0 Å². The summed E-state index contributed by atoms with van der Waals surface area (Å²) in [6, 6.07) is 10.7. The molecule has 1 amide bonds. The molecule has 4 aromatic rings. The fourth-order valence-corrected chi connectivity index (χ4v) is 3.21. The predicted octanol–water partition coefficient (Wildman–Crippen LogP) is 4.47. The number of alkyl halides is 3. The van der Waals surface area contributed by atoms with E-state index in [4.69, 9.17) is 0 Å². The number of aromatic nitrogens is 3. The van der Waals surface area contributed by atoms with Crippen LogP contribution >= 0.6 is 0 Å². The average Bonchev–Trinajstić information content (AvgIpc) is 3.33. The van der Waals surface area contributed by atoms with Crippen molar-refractivity contribution in [2.75, 3.05) is 0 Å². The summed E-state index contributed by atoms with van der Waals surface area (Å²) in [6.45, 7) is 2.10. The van der Waals surface area contributed by atoms with Gasteiger partial charge in [0.2, 0.25) is 11.7 Å². The summed E-state index contributed by atoms with van der Waals surface area (Å²) in [5.41, 5.74) is 2.63. The molecule has 0 aliphatic heterocycles. The average molecular weight is 432 g/mol. The van der Waals surface area contributed by atoms with Crippen LogP contribution in [0, 0.1) is 12.7 Å². The van der Waals surface area contributed by atoms with Gasteiger partial charge in [-0.05, 0) is 36.2 Å². The number of rotatable bonds is 5. The van der Waals surface area contributed by atoms with Crippen molar-refractivity contribution in [3.05, 3.63) is 71.5 Å². The summed E-state index contributed by atoms with van der Waals surface area (Å²) >= 11 is 0.